The molecule has 3 rings (SSSR count). The van der Waals surface area contributed by atoms with Crippen molar-refractivity contribution >= 4 is 29.2 Å². The van der Waals surface area contributed by atoms with Gasteiger partial charge in [0.15, 0.2) is 0 Å². The molecule has 0 saturated heterocycles. The Balaban J connectivity index is 1.89. The second kappa shape index (κ2) is 7.19. The third-order valence-corrected chi connectivity index (χ3v) is 3.80. The lowest BCUT2D eigenvalue weighted by molar-refractivity contribution is -0.384. The van der Waals surface area contributed by atoms with Gasteiger partial charge in [0, 0.05) is 17.7 Å². The molecule has 0 atom stereocenters. The van der Waals surface area contributed by atoms with Crippen LogP contribution in [0.25, 0.3) is 11.3 Å². The van der Waals surface area contributed by atoms with E-state index in [-0.39, 0.29) is 5.69 Å². The predicted octanol–water partition coefficient (Wildman–Crippen LogP) is 5.27. The van der Waals surface area contributed by atoms with Gasteiger partial charge in [0.25, 0.3) is 5.69 Å². The highest BCUT2D eigenvalue weighted by Gasteiger charge is 2.11. The molecule has 2 aromatic carbocycles. The smallest absolute Gasteiger partial charge is 0.271 e. The number of nitrogens with zero attached hydrogens (tertiary/aromatic N) is 2. The van der Waals surface area contributed by atoms with Gasteiger partial charge >= 0.3 is 0 Å². The minimum Gasteiger partial charge on any atom is -0.494 e. The lowest BCUT2D eigenvalue weighted by atomic mass is 10.2. The third kappa shape index (κ3) is 3.70. The van der Waals surface area contributed by atoms with Gasteiger partial charge in [-0.3, -0.25) is 10.1 Å². The zero-order valence-electron chi connectivity index (χ0n) is 13.2. The average Bonchev–Trinajstić information content (AvgIpc) is 3.08. The summed E-state index contributed by atoms with van der Waals surface area (Å²) in [5.41, 5.74) is 1.05. The van der Waals surface area contributed by atoms with Crippen molar-refractivity contribution in [2.75, 3.05) is 7.11 Å². The molecule has 25 heavy (non-hydrogen) atoms. The number of methoxy groups -OCH3 is 1. The van der Waals surface area contributed by atoms with E-state index in [2.05, 4.69) is 4.99 Å². The number of non-ortho nitro benzene ring substituents is 1. The first kappa shape index (κ1) is 16.7. The van der Waals surface area contributed by atoms with Crippen LogP contribution >= 0.6 is 11.6 Å². The largest absolute Gasteiger partial charge is 0.494 e. The lowest BCUT2D eigenvalue weighted by Gasteiger charge is -2.03. The van der Waals surface area contributed by atoms with Crippen LogP contribution in [0.3, 0.4) is 0 Å². The van der Waals surface area contributed by atoms with Crippen LogP contribution in [0.1, 0.15) is 5.76 Å². The molecule has 0 aliphatic rings. The summed E-state index contributed by atoms with van der Waals surface area (Å²) in [5, 5.41) is 11.5. The van der Waals surface area contributed by atoms with Gasteiger partial charge in [0.2, 0.25) is 0 Å². The molecule has 6 nitrogen and oxygen atoms in total. The molecular weight excluding hydrogens is 344 g/mol. The van der Waals surface area contributed by atoms with Crippen molar-refractivity contribution in [2.24, 2.45) is 4.99 Å². The maximum absolute atomic E-state index is 10.9. The van der Waals surface area contributed by atoms with Gasteiger partial charge in [-0.1, -0.05) is 23.7 Å². The molecule has 0 fully saturated rings. The van der Waals surface area contributed by atoms with E-state index in [0.717, 1.165) is 5.56 Å². The summed E-state index contributed by atoms with van der Waals surface area (Å²) < 4.78 is 10.9. The molecule has 1 aromatic heterocycles. The van der Waals surface area contributed by atoms with Crippen molar-refractivity contribution in [1.82, 2.24) is 0 Å². The number of hydrogen-bond acceptors (Lipinski definition) is 5. The van der Waals surface area contributed by atoms with E-state index in [1.165, 1.54) is 31.5 Å². The second-order valence-electron chi connectivity index (χ2n) is 5.05. The van der Waals surface area contributed by atoms with Crippen LogP contribution in [0, 0.1) is 10.1 Å². The molecule has 7 heteroatoms. The minimum atomic E-state index is -0.485. The molecule has 1 heterocycles. The number of benzene rings is 2. The highest BCUT2D eigenvalue weighted by Crippen LogP contribution is 2.32. The van der Waals surface area contributed by atoms with Gasteiger partial charge in [0.05, 0.1) is 23.3 Å². The standard InChI is InChI=1S/C18H13ClN2O4/c1-24-18-8-6-12(21(22)23)10-16(18)20-11-13-7-9-17(25-13)14-4-2-3-5-15(14)19/h2-11H,1H3/b20-11-. The van der Waals surface area contributed by atoms with Crippen molar-refractivity contribution in [3.05, 3.63) is 75.5 Å². The number of rotatable bonds is 5. The molecule has 0 unspecified atom stereocenters. The molecule has 0 bridgehead atoms. The Hall–Kier alpha value is -3.12. The van der Waals surface area contributed by atoms with Crippen LogP contribution in [0.4, 0.5) is 11.4 Å². The van der Waals surface area contributed by atoms with Gasteiger partial charge in [-0.05, 0) is 30.3 Å². The monoisotopic (exact) mass is 356 g/mol. The Kier molecular flexibility index (Phi) is 4.81. The first-order valence-electron chi connectivity index (χ1n) is 7.29. The van der Waals surface area contributed by atoms with Crippen molar-refractivity contribution in [1.29, 1.82) is 0 Å². The molecule has 0 saturated carbocycles. The van der Waals surface area contributed by atoms with E-state index in [4.69, 9.17) is 20.8 Å². The summed E-state index contributed by atoms with van der Waals surface area (Å²) in [4.78, 5) is 14.7. The van der Waals surface area contributed by atoms with Crippen LogP contribution in [-0.2, 0) is 0 Å². The Morgan fingerprint density at radius 1 is 1.20 bits per heavy atom. The molecule has 0 radical (unpaired) electrons. The molecule has 0 amide bonds. The summed E-state index contributed by atoms with van der Waals surface area (Å²) in [6.07, 6.45) is 1.47. The van der Waals surface area contributed by atoms with E-state index < -0.39 is 4.92 Å². The van der Waals surface area contributed by atoms with Gasteiger partial charge in [0.1, 0.15) is 23.0 Å². The number of halogens is 1. The van der Waals surface area contributed by atoms with Crippen LogP contribution in [0.5, 0.6) is 5.75 Å². The molecule has 0 spiro atoms. The molecule has 0 N–H and O–H groups in total. The van der Waals surface area contributed by atoms with Crippen LogP contribution in [0.2, 0.25) is 5.02 Å². The molecule has 3 aromatic rings. The Morgan fingerprint density at radius 3 is 2.72 bits per heavy atom. The van der Waals surface area contributed by atoms with Crippen molar-refractivity contribution in [3.63, 3.8) is 0 Å². The van der Waals surface area contributed by atoms with Crippen LogP contribution < -0.4 is 4.74 Å². The third-order valence-electron chi connectivity index (χ3n) is 3.47. The van der Waals surface area contributed by atoms with Crippen molar-refractivity contribution in [2.45, 2.75) is 0 Å². The fourth-order valence-corrected chi connectivity index (χ4v) is 2.48. The van der Waals surface area contributed by atoms with Gasteiger partial charge in [-0.15, -0.1) is 0 Å². The second-order valence-corrected chi connectivity index (χ2v) is 5.46. The minimum absolute atomic E-state index is 0.0656. The molecule has 0 aliphatic heterocycles. The Labute approximate surface area is 148 Å². The van der Waals surface area contributed by atoms with E-state index in [0.29, 0.717) is 28.0 Å². The van der Waals surface area contributed by atoms with Gasteiger partial charge in [-0.25, -0.2) is 4.99 Å². The number of aliphatic imine (C=N–C) groups is 1. The van der Waals surface area contributed by atoms with Gasteiger partial charge < -0.3 is 9.15 Å². The van der Waals surface area contributed by atoms with Crippen LogP contribution in [0.15, 0.2) is 64.0 Å². The Bertz CT molecular complexity index is 950. The van der Waals surface area contributed by atoms with Crippen molar-refractivity contribution < 1.29 is 14.1 Å². The fourth-order valence-electron chi connectivity index (χ4n) is 2.25. The zero-order chi connectivity index (χ0) is 17.8. The molecule has 0 aliphatic carbocycles. The fraction of sp³-hybridized carbons (Fsp3) is 0.0556. The summed E-state index contributed by atoms with van der Waals surface area (Å²) in [5.74, 6) is 1.53. The van der Waals surface area contributed by atoms with Gasteiger partial charge in [-0.2, -0.15) is 0 Å². The highest BCUT2D eigenvalue weighted by atomic mass is 35.5. The Morgan fingerprint density at radius 2 is 2.00 bits per heavy atom. The first-order chi connectivity index (χ1) is 12.1. The first-order valence-corrected chi connectivity index (χ1v) is 7.67. The van der Waals surface area contributed by atoms with Crippen molar-refractivity contribution in [3.8, 4) is 17.1 Å². The number of ether oxygens (including phenoxy) is 1. The average molecular weight is 357 g/mol. The van der Waals surface area contributed by atoms with E-state index in [1.807, 2.05) is 18.2 Å². The SMILES string of the molecule is COc1ccc([N+](=O)[O-])cc1/N=C\c1ccc(-c2ccccc2Cl)o1. The number of nitro groups is 1. The zero-order valence-corrected chi connectivity index (χ0v) is 13.9. The maximum Gasteiger partial charge on any atom is 0.271 e. The quantitative estimate of drug-likeness (QED) is 0.354. The summed E-state index contributed by atoms with van der Waals surface area (Å²) in [7, 11) is 1.47. The predicted molar refractivity (Wildman–Crippen MR) is 96.1 cm³/mol. The maximum atomic E-state index is 10.9. The topological polar surface area (TPSA) is 77.9 Å². The molecule has 126 valence electrons. The van der Waals surface area contributed by atoms with E-state index >= 15 is 0 Å². The van der Waals surface area contributed by atoms with E-state index in [9.17, 15) is 10.1 Å². The number of hydrogen-bond donors (Lipinski definition) is 0. The lowest BCUT2D eigenvalue weighted by Crippen LogP contribution is -1.89. The normalized spacial score (nSPS) is 11.0. The summed E-state index contributed by atoms with van der Waals surface area (Å²) in [6.45, 7) is 0. The van der Waals surface area contributed by atoms with Crippen LogP contribution in [-0.4, -0.2) is 18.2 Å². The highest BCUT2D eigenvalue weighted by molar-refractivity contribution is 6.33. The summed E-state index contributed by atoms with van der Waals surface area (Å²) >= 11 is 6.15. The number of nitro benzene ring substituents is 1. The van der Waals surface area contributed by atoms with E-state index in [1.54, 1.807) is 18.2 Å². The molecular formula is C18H13ClN2O4. The summed E-state index contributed by atoms with van der Waals surface area (Å²) in [6, 6.07) is 15.1. The number of furan rings is 1.